The van der Waals surface area contributed by atoms with E-state index >= 15 is 0 Å². The van der Waals surface area contributed by atoms with Gasteiger partial charge in [0.1, 0.15) is 13.2 Å². The van der Waals surface area contributed by atoms with Crippen molar-refractivity contribution in [2.24, 2.45) is 0 Å². The third-order valence-electron chi connectivity index (χ3n) is 4.24. The Balaban J connectivity index is 1.63. The van der Waals surface area contributed by atoms with Gasteiger partial charge in [0, 0.05) is 18.8 Å². The predicted molar refractivity (Wildman–Crippen MR) is 113 cm³/mol. The Morgan fingerprint density at radius 3 is 2.60 bits per heavy atom. The number of benzene rings is 2. The number of sulfonamides is 1. The number of hydrogen-bond donors (Lipinski definition) is 2. The van der Waals surface area contributed by atoms with Crippen LogP contribution in [-0.4, -0.2) is 47.3 Å². The standard InChI is InChI=1S/C20H23ClN2O6S/c1-13(12-27-2)23-30(25,26)16-5-3-15(4-6-16)22-19(24)11-14-9-17(21)20-18(10-14)28-7-8-29-20/h3-6,9-10,13,23H,7-8,11-12H2,1-2H3,(H,22,24)/t13-/m0/s1. The lowest BCUT2D eigenvalue weighted by molar-refractivity contribution is -0.115. The molecule has 1 aliphatic heterocycles. The maximum absolute atomic E-state index is 12.4. The van der Waals surface area contributed by atoms with Gasteiger partial charge in [-0.15, -0.1) is 0 Å². The van der Waals surface area contributed by atoms with Crippen LogP contribution < -0.4 is 19.5 Å². The molecule has 0 unspecified atom stereocenters. The number of anilines is 1. The summed E-state index contributed by atoms with van der Waals surface area (Å²) in [6.45, 7) is 2.82. The smallest absolute Gasteiger partial charge is 0.240 e. The van der Waals surface area contributed by atoms with Crippen LogP contribution in [-0.2, 0) is 26.0 Å². The number of halogens is 1. The van der Waals surface area contributed by atoms with E-state index in [2.05, 4.69) is 10.0 Å². The van der Waals surface area contributed by atoms with Crippen molar-refractivity contribution in [1.29, 1.82) is 0 Å². The molecular weight excluding hydrogens is 432 g/mol. The zero-order chi connectivity index (χ0) is 21.7. The van der Waals surface area contributed by atoms with Gasteiger partial charge in [-0.1, -0.05) is 11.6 Å². The molecule has 0 aliphatic carbocycles. The van der Waals surface area contributed by atoms with Crippen molar-refractivity contribution in [1.82, 2.24) is 4.72 Å². The first kappa shape index (κ1) is 22.4. The molecule has 1 aliphatic rings. The number of ether oxygens (including phenoxy) is 3. The lowest BCUT2D eigenvalue weighted by Crippen LogP contribution is -2.35. The summed E-state index contributed by atoms with van der Waals surface area (Å²) in [4.78, 5) is 12.5. The number of amides is 1. The van der Waals surface area contributed by atoms with E-state index < -0.39 is 10.0 Å². The van der Waals surface area contributed by atoms with Crippen molar-refractivity contribution >= 4 is 33.2 Å². The Morgan fingerprint density at radius 1 is 1.20 bits per heavy atom. The van der Waals surface area contributed by atoms with Crippen molar-refractivity contribution in [3.05, 3.63) is 47.0 Å². The average molecular weight is 455 g/mol. The quantitative estimate of drug-likeness (QED) is 0.635. The van der Waals surface area contributed by atoms with Gasteiger partial charge in [0.25, 0.3) is 0 Å². The van der Waals surface area contributed by atoms with Crippen LogP contribution in [0.15, 0.2) is 41.3 Å². The molecule has 162 valence electrons. The molecular formula is C20H23ClN2O6S. The molecule has 10 heteroatoms. The Kier molecular flexibility index (Phi) is 7.19. The summed E-state index contributed by atoms with van der Waals surface area (Å²) in [6, 6.07) is 8.95. The lowest BCUT2D eigenvalue weighted by Gasteiger charge is -2.20. The van der Waals surface area contributed by atoms with Crippen LogP contribution in [0, 0.1) is 0 Å². The molecule has 0 fully saturated rings. The molecule has 0 aromatic heterocycles. The zero-order valence-corrected chi connectivity index (χ0v) is 18.2. The van der Waals surface area contributed by atoms with Gasteiger partial charge < -0.3 is 19.5 Å². The molecule has 2 aromatic rings. The first-order valence-corrected chi connectivity index (χ1v) is 11.1. The molecule has 0 spiro atoms. The molecule has 30 heavy (non-hydrogen) atoms. The first-order valence-electron chi connectivity index (χ1n) is 9.27. The van der Waals surface area contributed by atoms with Crippen LogP contribution in [0.5, 0.6) is 11.5 Å². The van der Waals surface area contributed by atoms with E-state index in [0.29, 0.717) is 41.0 Å². The second-order valence-electron chi connectivity index (χ2n) is 6.83. The molecule has 2 N–H and O–H groups in total. The van der Waals surface area contributed by atoms with Crippen LogP contribution in [0.2, 0.25) is 5.02 Å². The Hall–Kier alpha value is -2.33. The average Bonchev–Trinajstić information content (AvgIpc) is 2.68. The molecule has 1 amide bonds. The summed E-state index contributed by atoms with van der Waals surface area (Å²) in [6.07, 6.45) is 0.0759. The van der Waals surface area contributed by atoms with Crippen molar-refractivity contribution in [3.8, 4) is 11.5 Å². The van der Waals surface area contributed by atoms with Crippen LogP contribution in [0.25, 0.3) is 0 Å². The van der Waals surface area contributed by atoms with Gasteiger partial charge in [-0.2, -0.15) is 0 Å². The van der Waals surface area contributed by atoms with Gasteiger partial charge in [-0.05, 0) is 48.9 Å². The topological polar surface area (TPSA) is 103 Å². The molecule has 8 nitrogen and oxygen atoms in total. The lowest BCUT2D eigenvalue weighted by atomic mass is 10.1. The van der Waals surface area contributed by atoms with Gasteiger partial charge >= 0.3 is 0 Å². The van der Waals surface area contributed by atoms with Crippen molar-refractivity contribution in [2.75, 3.05) is 32.2 Å². The Morgan fingerprint density at radius 2 is 1.90 bits per heavy atom. The first-order chi connectivity index (χ1) is 14.3. The van der Waals surface area contributed by atoms with Gasteiger partial charge in [-0.3, -0.25) is 4.79 Å². The van der Waals surface area contributed by atoms with Gasteiger partial charge in [0.15, 0.2) is 11.5 Å². The summed E-state index contributed by atoms with van der Waals surface area (Å²) in [5.41, 5.74) is 1.16. The minimum absolute atomic E-state index is 0.0759. The third-order valence-corrected chi connectivity index (χ3v) is 6.13. The Labute approximate surface area is 180 Å². The maximum atomic E-state index is 12.4. The number of fused-ring (bicyclic) bond motifs is 1. The SMILES string of the molecule is COC[C@H](C)NS(=O)(=O)c1ccc(NC(=O)Cc2cc(Cl)c3c(c2)OCCO3)cc1. The van der Waals surface area contributed by atoms with E-state index in [1.165, 1.54) is 31.4 Å². The second-order valence-corrected chi connectivity index (χ2v) is 8.95. The fourth-order valence-corrected chi connectivity index (χ4v) is 4.51. The second kappa shape index (κ2) is 9.65. The number of carbonyl (C=O) groups excluding carboxylic acids is 1. The summed E-state index contributed by atoms with van der Waals surface area (Å²) in [7, 11) is -2.17. The van der Waals surface area contributed by atoms with E-state index in [4.69, 9.17) is 25.8 Å². The summed E-state index contributed by atoms with van der Waals surface area (Å²) >= 11 is 6.20. The van der Waals surface area contributed by atoms with E-state index in [0.717, 1.165) is 0 Å². The fraction of sp³-hybridized carbons (Fsp3) is 0.350. The summed E-state index contributed by atoms with van der Waals surface area (Å²) in [5.74, 6) is 0.726. The normalized spacial score (nSPS) is 14.2. The van der Waals surface area contributed by atoms with Crippen LogP contribution in [0.3, 0.4) is 0 Å². The van der Waals surface area contributed by atoms with Gasteiger partial charge in [0.2, 0.25) is 15.9 Å². The van der Waals surface area contributed by atoms with Crippen LogP contribution in [0.1, 0.15) is 12.5 Å². The molecule has 1 heterocycles. The highest BCUT2D eigenvalue weighted by atomic mass is 35.5. The highest BCUT2D eigenvalue weighted by molar-refractivity contribution is 7.89. The van der Waals surface area contributed by atoms with E-state index in [1.807, 2.05) is 0 Å². The predicted octanol–water partition coefficient (Wildman–Crippen LogP) is 2.61. The highest BCUT2D eigenvalue weighted by Crippen LogP contribution is 2.38. The largest absolute Gasteiger partial charge is 0.486 e. The number of carbonyl (C=O) groups is 1. The molecule has 3 rings (SSSR count). The number of nitrogens with one attached hydrogen (secondary N) is 2. The number of rotatable bonds is 8. The third kappa shape index (κ3) is 5.63. The zero-order valence-electron chi connectivity index (χ0n) is 16.6. The van der Waals surface area contributed by atoms with Crippen molar-refractivity contribution in [3.63, 3.8) is 0 Å². The highest BCUT2D eigenvalue weighted by Gasteiger charge is 2.19. The van der Waals surface area contributed by atoms with Crippen LogP contribution in [0.4, 0.5) is 5.69 Å². The monoisotopic (exact) mass is 454 g/mol. The number of hydrogen-bond acceptors (Lipinski definition) is 6. The summed E-state index contributed by atoms with van der Waals surface area (Å²) < 4.78 is 43.2. The van der Waals surface area contributed by atoms with Crippen molar-refractivity contribution < 1.29 is 27.4 Å². The minimum Gasteiger partial charge on any atom is -0.486 e. The molecule has 0 saturated carbocycles. The molecule has 0 radical (unpaired) electrons. The van der Waals surface area contributed by atoms with Crippen molar-refractivity contribution in [2.45, 2.75) is 24.3 Å². The molecule has 2 aromatic carbocycles. The van der Waals surface area contributed by atoms with E-state index in [-0.39, 0.29) is 29.9 Å². The Bertz CT molecular complexity index is 1010. The fourth-order valence-electron chi connectivity index (χ4n) is 2.99. The molecule has 1 atom stereocenters. The maximum Gasteiger partial charge on any atom is 0.240 e. The summed E-state index contributed by atoms with van der Waals surface area (Å²) in [5, 5.41) is 3.13. The molecule has 0 bridgehead atoms. The molecule has 0 saturated heterocycles. The van der Waals surface area contributed by atoms with Crippen LogP contribution >= 0.6 is 11.6 Å². The van der Waals surface area contributed by atoms with E-state index in [9.17, 15) is 13.2 Å². The van der Waals surface area contributed by atoms with Gasteiger partial charge in [0.05, 0.1) is 22.9 Å². The van der Waals surface area contributed by atoms with E-state index in [1.54, 1.807) is 19.1 Å². The van der Waals surface area contributed by atoms with Gasteiger partial charge in [-0.25, -0.2) is 13.1 Å². The minimum atomic E-state index is -3.67. The number of methoxy groups -OCH3 is 1.